The molecule has 0 aliphatic carbocycles. The van der Waals surface area contributed by atoms with E-state index < -0.39 is 23.9 Å². The van der Waals surface area contributed by atoms with Crippen LogP contribution >= 0.6 is 0 Å². The van der Waals surface area contributed by atoms with Gasteiger partial charge in [-0.2, -0.15) is 0 Å². The van der Waals surface area contributed by atoms with Crippen LogP contribution < -0.4 is 10.2 Å². The third-order valence-corrected chi connectivity index (χ3v) is 0.350. The zero-order valence-electron chi connectivity index (χ0n) is 5.95. The number of carbonyl (C=O) groups excluding carboxylic acids is 2. The minimum absolute atomic E-state index is 0. The summed E-state index contributed by atoms with van der Waals surface area (Å²) >= 11 is 0. The van der Waals surface area contributed by atoms with Crippen molar-refractivity contribution in [2.24, 2.45) is 0 Å². The number of rotatable bonds is 0. The van der Waals surface area contributed by atoms with Crippen molar-refractivity contribution in [2.45, 2.75) is 0 Å². The second-order valence-electron chi connectivity index (χ2n) is 1.19. The predicted octanol–water partition coefficient (Wildman–Crippen LogP) is -4.36. The number of carbonyl (C=O) groups is 4. The van der Waals surface area contributed by atoms with Crippen LogP contribution in [0.25, 0.3) is 0 Å². The van der Waals surface area contributed by atoms with Crippen molar-refractivity contribution < 1.29 is 84.4 Å². The van der Waals surface area contributed by atoms with Crippen LogP contribution in [0.3, 0.4) is 0 Å². The Labute approximate surface area is 108 Å². The summed E-state index contributed by atoms with van der Waals surface area (Å²) in [5, 5.41) is 32.6. The summed E-state index contributed by atoms with van der Waals surface area (Å²) in [6.45, 7) is 0. The summed E-state index contributed by atoms with van der Waals surface area (Å²) in [6.07, 6.45) is 0. The molecule has 0 rings (SSSR count). The monoisotopic (exact) mass is 392 g/mol. The first-order chi connectivity index (χ1) is 5.29. The first kappa shape index (κ1) is 23.3. The van der Waals surface area contributed by atoms with Crippen molar-refractivity contribution >= 4 is 23.9 Å². The predicted molar refractivity (Wildman–Crippen MR) is 25.3 cm³/mol. The Bertz CT molecular complexity index is 175. The van der Waals surface area contributed by atoms with Crippen LogP contribution in [0.2, 0.25) is 0 Å². The van der Waals surface area contributed by atoms with Crippen LogP contribution in [0.15, 0.2) is 0 Å². The van der Waals surface area contributed by atoms with Crippen LogP contribution in [-0.2, 0) is 63.9 Å². The van der Waals surface area contributed by atoms with Gasteiger partial charge in [-0.05, 0) is 0 Å². The van der Waals surface area contributed by atoms with E-state index in [9.17, 15) is 0 Å². The summed E-state index contributed by atoms with van der Waals surface area (Å²) in [5.41, 5.74) is 0. The van der Waals surface area contributed by atoms with Gasteiger partial charge >= 0.3 is 56.7 Å². The van der Waals surface area contributed by atoms with Gasteiger partial charge in [0, 0.05) is 0 Å². The Hall–Kier alpha value is -0.639. The Balaban J connectivity index is -0.0000000625. The van der Waals surface area contributed by atoms with Gasteiger partial charge in [0.1, 0.15) is 0 Å². The minimum atomic E-state index is -2.19. The Morgan fingerprint density at radius 1 is 0.714 bits per heavy atom. The first-order valence-electron chi connectivity index (χ1n) is 2.17. The van der Waals surface area contributed by atoms with Crippen LogP contribution in [0.1, 0.15) is 0 Å². The number of hydrogen-bond acceptors (Lipinski definition) is 6. The van der Waals surface area contributed by atoms with Crippen molar-refractivity contribution in [3.05, 3.63) is 0 Å². The van der Waals surface area contributed by atoms with Gasteiger partial charge in [0.25, 0.3) is 0 Å². The van der Waals surface area contributed by atoms with E-state index in [0.717, 1.165) is 0 Å². The summed E-state index contributed by atoms with van der Waals surface area (Å²) in [4.78, 5) is 36.1. The second-order valence-corrected chi connectivity index (χ2v) is 1.19. The quantitative estimate of drug-likeness (QED) is 0.309. The largest absolute Gasteiger partial charge is 1.00 e. The number of carboxylic acid groups (broad SMARTS) is 4. The molecule has 0 fully saturated rings. The van der Waals surface area contributed by atoms with Crippen LogP contribution in [-0.4, -0.2) is 34.1 Å². The molecule has 0 atom stereocenters. The molecule has 0 spiro atoms. The van der Waals surface area contributed by atoms with Crippen LogP contribution in [0, 0.1) is 0 Å². The summed E-state index contributed by atoms with van der Waals surface area (Å²) in [6, 6.07) is 0. The Kier molecular flexibility index (Phi) is 20.6. The minimum Gasteiger partial charge on any atom is -0.543 e. The van der Waals surface area contributed by atoms with Gasteiger partial charge in [0.15, 0.2) is 0 Å². The van der Waals surface area contributed by atoms with Gasteiger partial charge in [0.05, 0.1) is 11.9 Å². The number of hydrogen-bond donors (Lipinski definition) is 2. The molecular formula is C4H2Ag2O8. The molecule has 0 saturated heterocycles. The van der Waals surface area contributed by atoms with Gasteiger partial charge in [0.2, 0.25) is 0 Å². The molecule has 0 saturated carbocycles. The van der Waals surface area contributed by atoms with E-state index in [2.05, 4.69) is 0 Å². The molecule has 0 aromatic heterocycles. The number of aliphatic carboxylic acids is 4. The molecule has 2 N–H and O–H groups in total. The fourth-order valence-corrected chi connectivity index (χ4v) is 0. The zero-order chi connectivity index (χ0) is 10.3. The fraction of sp³-hybridized carbons (Fsp3) is 0. The third kappa shape index (κ3) is 22.5. The van der Waals surface area contributed by atoms with Crippen molar-refractivity contribution in [3.8, 4) is 0 Å². The van der Waals surface area contributed by atoms with E-state index in [1.807, 2.05) is 0 Å². The van der Waals surface area contributed by atoms with Crippen molar-refractivity contribution in [2.75, 3.05) is 0 Å². The summed E-state index contributed by atoms with van der Waals surface area (Å²) < 4.78 is 0. The van der Waals surface area contributed by atoms with Gasteiger partial charge in [-0.1, -0.05) is 0 Å². The average molecular weight is 394 g/mol. The third-order valence-electron chi connectivity index (χ3n) is 0.350. The van der Waals surface area contributed by atoms with Crippen LogP contribution in [0.4, 0.5) is 0 Å². The first-order valence-corrected chi connectivity index (χ1v) is 2.17. The molecule has 0 aliphatic rings. The second kappa shape index (κ2) is 12.4. The molecule has 0 heterocycles. The van der Waals surface area contributed by atoms with Crippen molar-refractivity contribution in [1.82, 2.24) is 0 Å². The van der Waals surface area contributed by atoms with E-state index in [1.54, 1.807) is 0 Å². The molecule has 8 nitrogen and oxygen atoms in total. The summed E-state index contributed by atoms with van der Waals surface area (Å²) in [7, 11) is 0. The van der Waals surface area contributed by atoms with Gasteiger partial charge < -0.3 is 30.0 Å². The van der Waals surface area contributed by atoms with E-state index >= 15 is 0 Å². The average Bonchev–Trinajstić information content (AvgIpc) is 1.88. The standard InChI is InChI=1S/2C2H2O4.2Ag/c2*3-1(4)2(5)6;;/h2*(H,3,4)(H,5,6);;/q;;2*+1/p-2. The topological polar surface area (TPSA) is 155 Å². The Morgan fingerprint density at radius 2 is 0.857 bits per heavy atom. The Morgan fingerprint density at radius 3 is 0.857 bits per heavy atom. The molecule has 0 radical (unpaired) electrons. The molecule has 14 heavy (non-hydrogen) atoms. The van der Waals surface area contributed by atoms with E-state index in [4.69, 9.17) is 39.6 Å². The zero-order valence-corrected chi connectivity index (χ0v) is 8.91. The van der Waals surface area contributed by atoms with Gasteiger partial charge in [-0.25, -0.2) is 9.59 Å². The maximum Gasteiger partial charge on any atom is 1.00 e. The molecule has 0 unspecified atom stereocenters. The molecular weight excluding hydrogens is 392 g/mol. The molecule has 0 aliphatic heterocycles. The van der Waals surface area contributed by atoms with E-state index in [0.29, 0.717) is 0 Å². The molecule has 0 amide bonds. The molecule has 88 valence electrons. The van der Waals surface area contributed by atoms with Crippen molar-refractivity contribution in [1.29, 1.82) is 0 Å². The van der Waals surface area contributed by atoms with Gasteiger partial charge in [-0.15, -0.1) is 0 Å². The SMILES string of the molecule is O=C(O)C(=O)O.O=C([O-])C(=O)[O-].[Ag+].[Ag+]. The number of carboxylic acids is 4. The maximum absolute atomic E-state index is 9.10. The van der Waals surface area contributed by atoms with E-state index in [-0.39, 0.29) is 44.8 Å². The fourth-order valence-electron chi connectivity index (χ4n) is 0. The van der Waals surface area contributed by atoms with E-state index in [1.165, 1.54) is 0 Å². The molecule has 0 bridgehead atoms. The van der Waals surface area contributed by atoms with Crippen molar-refractivity contribution in [3.63, 3.8) is 0 Å². The van der Waals surface area contributed by atoms with Crippen LogP contribution in [0.5, 0.6) is 0 Å². The smallest absolute Gasteiger partial charge is 0.543 e. The molecule has 0 aromatic carbocycles. The van der Waals surface area contributed by atoms with Gasteiger partial charge in [-0.3, -0.25) is 0 Å². The maximum atomic E-state index is 9.10. The molecule has 10 heteroatoms. The normalized spacial score (nSPS) is 6.29. The summed E-state index contributed by atoms with van der Waals surface area (Å²) in [5.74, 6) is -8.02. The molecule has 0 aromatic rings.